The highest BCUT2D eigenvalue weighted by atomic mass is 35.5. The van der Waals surface area contributed by atoms with Gasteiger partial charge in [0.2, 0.25) is 11.8 Å². The maximum atomic E-state index is 13.1. The quantitative estimate of drug-likeness (QED) is 0.872. The molecular weight excluding hydrogens is 338 g/mol. The van der Waals surface area contributed by atoms with Crippen LogP contribution in [0.15, 0.2) is 35.1 Å². The Morgan fingerprint density at radius 3 is 3.08 bits per heavy atom. The third-order valence-electron chi connectivity index (χ3n) is 5.65. The fraction of sp³-hybridized carbons (Fsp3) is 0.474. The highest BCUT2D eigenvalue weighted by Crippen LogP contribution is 2.44. The highest BCUT2D eigenvalue weighted by Gasteiger charge is 2.49. The Hall–Kier alpha value is -1.85. The van der Waals surface area contributed by atoms with Crippen molar-refractivity contribution >= 4 is 24.0 Å². The third kappa shape index (κ3) is 3.18. The minimum absolute atomic E-state index is 0. The number of aryl methyl sites for hydroxylation is 1. The summed E-state index contributed by atoms with van der Waals surface area (Å²) in [6, 6.07) is 5.91. The molecule has 1 aromatic carbocycles. The molecule has 6 heteroatoms. The first kappa shape index (κ1) is 18.0. The van der Waals surface area contributed by atoms with Gasteiger partial charge in [0, 0.05) is 17.8 Å². The van der Waals surface area contributed by atoms with Crippen LogP contribution in [0.5, 0.6) is 0 Å². The zero-order valence-corrected chi connectivity index (χ0v) is 15.2. The smallest absolute Gasteiger partial charge is 0.232 e. The van der Waals surface area contributed by atoms with Crippen LogP contribution in [0.4, 0.5) is 5.69 Å². The molecule has 2 fully saturated rings. The average molecular weight is 362 g/mol. The maximum Gasteiger partial charge on any atom is 0.232 e. The van der Waals surface area contributed by atoms with Gasteiger partial charge in [-0.15, -0.1) is 12.4 Å². The van der Waals surface area contributed by atoms with Crippen molar-refractivity contribution in [3.63, 3.8) is 0 Å². The minimum atomic E-state index is -0.244. The van der Waals surface area contributed by atoms with E-state index in [1.54, 1.807) is 12.5 Å². The summed E-state index contributed by atoms with van der Waals surface area (Å²) in [5.74, 6) is 1.20. The standard InChI is InChI=1S/C19H23N3O2.ClH/c1-13-5-6-15(10-16(13)17-21-8-9-24-17)22-18(23)19-7-3-2-4-14(19)11-20-12-19;/h5-6,8-10,14,20H,2-4,7,11-12H2,1H3,(H,22,23);1H/t14-,19+;/m0./s1. The van der Waals surface area contributed by atoms with Crippen LogP contribution in [0.3, 0.4) is 0 Å². The Morgan fingerprint density at radius 2 is 2.28 bits per heavy atom. The van der Waals surface area contributed by atoms with Crippen molar-refractivity contribution in [2.75, 3.05) is 18.4 Å². The summed E-state index contributed by atoms with van der Waals surface area (Å²) < 4.78 is 5.41. The van der Waals surface area contributed by atoms with Crippen LogP contribution in [0.2, 0.25) is 0 Å². The summed E-state index contributed by atoms with van der Waals surface area (Å²) in [4.78, 5) is 17.3. The monoisotopic (exact) mass is 361 g/mol. The molecule has 0 spiro atoms. The van der Waals surface area contributed by atoms with Gasteiger partial charge in [-0.1, -0.05) is 18.9 Å². The Bertz CT molecular complexity index is 747. The lowest BCUT2D eigenvalue weighted by molar-refractivity contribution is -0.128. The van der Waals surface area contributed by atoms with Crippen molar-refractivity contribution in [3.05, 3.63) is 36.2 Å². The lowest BCUT2D eigenvalue weighted by atomic mass is 9.67. The SMILES string of the molecule is Cc1ccc(NC(=O)[C@@]23CCCC[C@H]2CNC3)cc1-c1ncco1.Cl. The number of oxazole rings is 1. The molecule has 0 bridgehead atoms. The van der Waals surface area contributed by atoms with Crippen LogP contribution in [0.1, 0.15) is 31.2 Å². The molecule has 134 valence electrons. The lowest BCUT2D eigenvalue weighted by Crippen LogP contribution is -2.44. The van der Waals surface area contributed by atoms with E-state index >= 15 is 0 Å². The van der Waals surface area contributed by atoms with Gasteiger partial charge < -0.3 is 15.1 Å². The second-order valence-electron chi connectivity index (χ2n) is 7.05. The van der Waals surface area contributed by atoms with E-state index in [0.29, 0.717) is 11.8 Å². The van der Waals surface area contributed by atoms with Crippen molar-refractivity contribution in [2.24, 2.45) is 11.3 Å². The molecule has 2 aliphatic rings. The zero-order chi connectivity index (χ0) is 16.6. The number of nitrogens with zero attached hydrogens (tertiary/aromatic N) is 1. The summed E-state index contributed by atoms with van der Waals surface area (Å²) in [6.07, 6.45) is 7.71. The Balaban J connectivity index is 0.00000182. The minimum Gasteiger partial charge on any atom is -0.445 e. The van der Waals surface area contributed by atoms with Crippen molar-refractivity contribution in [2.45, 2.75) is 32.6 Å². The van der Waals surface area contributed by atoms with Crippen LogP contribution in [0.25, 0.3) is 11.5 Å². The summed E-state index contributed by atoms with van der Waals surface area (Å²) in [5.41, 5.74) is 2.56. The second kappa shape index (κ2) is 7.18. The highest BCUT2D eigenvalue weighted by molar-refractivity contribution is 5.96. The van der Waals surface area contributed by atoms with Crippen LogP contribution in [0, 0.1) is 18.3 Å². The average Bonchev–Trinajstić information content (AvgIpc) is 3.26. The van der Waals surface area contributed by atoms with E-state index in [1.807, 2.05) is 25.1 Å². The van der Waals surface area contributed by atoms with Crippen LogP contribution < -0.4 is 10.6 Å². The molecule has 2 atom stereocenters. The number of benzene rings is 1. The fourth-order valence-electron chi connectivity index (χ4n) is 4.23. The van der Waals surface area contributed by atoms with Crippen molar-refractivity contribution in [1.29, 1.82) is 0 Å². The van der Waals surface area contributed by atoms with Gasteiger partial charge in [-0.05, 0) is 49.9 Å². The molecule has 1 aliphatic carbocycles. The van der Waals surface area contributed by atoms with Gasteiger partial charge in [0.05, 0.1) is 11.6 Å². The van der Waals surface area contributed by atoms with Crippen LogP contribution >= 0.6 is 12.4 Å². The number of halogens is 1. The molecule has 25 heavy (non-hydrogen) atoms. The number of nitrogens with one attached hydrogen (secondary N) is 2. The first-order valence-electron chi connectivity index (χ1n) is 8.72. The predicted molar refractivity (Wildman–Crippen MR) is 99.8 cm³/mol. The number of hydrogen-bond donors (Lipinski definition) is 2. The molecule has 2 aromatic rings. The van der Waals surface area contributed by atoms with Crippen molar-refractivity contribution in [1.82, 2.24) is 10.3 Å². The number of carbonyl (C=O) groups excluding carboxylic acids is 1. The molecule has 4 rings (SSSR count). The molecule has 2 heterocycles. The van der Waals surface area contributed by atoms with Gasteiger partial charge in [0.1, 0.15) is 6.26 Å². The van der Waals surface area contributed by atoms with Gasteiger partial charge in [0.25, 0.3) is 0 Å². The van der Waals surface area contributed by atoms with Gasteiger partial charge in [-0.3, -0.25) is 4.79 Å². The van der Waals surface area contributed by atoms with E-state index in [0.717, 1.165) is 49.2 Å². The zero-order valence-electron chi connectivity index (χ0n) is 14.4. The third-order valence-corrected chi connectivity index (χ3v) is 5.65. The van der Waals surface area contributed by atoms with E-state index in [2.05, 4.69) is 15.6 Å². The Morgan fingerprint density at radius 1 is 1.40 bits per heavy atom. The molecule has 1 amide bonds. The van der Waals surface area contributed by atoms with Gasteiger partial charge in [-0.25, -0.2) is 4.98 Å². The largest absolute Gasteiger partial charge is 0.445 e. The van der Waals surface area contributed by atoms with Gasteiger partial charge >= 0.3 is 0 Å². The molecule has 2 N–H and O–H groups in total. The molecule has 1 saturated heterocycles. The number of aromatic nitrogens is 1. The first-order valence-corrected chi connectivity index (χ1v) is 8.72. The number of hydrogen-bond acceptors (Lipinski definition) is 4. The lowest BCUT2D eigenvalue weighted by Gasteiger charge is -2.37. The van der Waals surface area contributed by atoms with Gasteiger partial charge in [0.15, 0.2) is 0 Å². The number of fused-ring (bicyclic) bond motifs is 1. The number of amides is 1. The number of carbonyl (C=O) groups is 1. The summed E-state index contributed by atoms with van der Waals surface area (Å²) in [6.45, 7) is 3.77. The fourth-order valence-corrected chi connectivity index (χ4v) is 4.23. The van der Waals surface area contributed by atoms with Crippen molar-refractivity contribution < 1.29 is 9.21 Å². The molecule has 5 nitrogen and oxygen atoms in total. The maximum absolute atomic E-state index is 13.1. The normalized spacial score (nSPS) is 25.1. The van der Waals surface area contributed by atoms with E-state index in [4.69, 9.17) is 4.42 Å². The number of rotatable bonds is 3. The van der Waals surface area contributed by atoms with E-state index in [9.17, 15) is 4.79 Å². The van der Waals surface area contributed by atoms with Crippen molar-refractivity contribution in [3.8, 4) is 11.5 Å². The molecular formula is C19H24ClN3O2. The molecule has 0 unspecified atom stereocenters. The number of anilines is 1. The Kier molecular flexibility index (Phi) is 5.16. The summed E-state index contributed by atoms with van der Waals surface area (Å²) >= 11 is 0. The first-order chi connectivity index (χ1) is 11.7. The van der Waals surface area contributed by atoms with Gasteiger partial charge in [-0.2, -0.15) is 0 Å². The van der Waals surface area contributed by atoms with Crippen LogP contribution in [-0.2, 0) is 4.79 Å². The Labute approximate surface area is 154 Å². The van der Waals surface area contributed by atoms with E-state index < -0.39 is 0 Å². The topological polar surface area (TPSA) is 67.2 Å². The molecule has 1 aliphatic heterocycles. The predicted octanol–water partition coefficient (Wildman–Crippen LogP) is 3.79. The molecule has 1 aromatic heterocycles. The summed E-state index contributed by atoms with van der Waals surface area (Å²) in [7, 11) is 0. The van der Waals surface area contributed by atoms with E-state index in [1.165, 1.54) is 6.42 Å². The van der Waals surface area contributed by atoms with Crippen LogP contribution in [-0.4, -0.2) is 24.0 Å². The molecule has 0 radical (unpaired) electrons. The second-order valence-corrected chi connectivity index (χ2v) is 7.05. The summed E-state index contributed by atoms with van der Waals surface area (Å²) in [5, 5.41) is 6.58. The van der Waals surface area contributed by atoms with E-state index in [-0.39, 0.29) is 23.7 Å². The molecule has 1 saturated carbocycles.